The smallest absolute Gasteiger partial charge is 0.234 e. The fraction of sp³-hybridized carbons (Fsp3) is 0.692. The van der Waals surface area contributed by atoms with Crippen molar-refractivity contribution in [3.8, 4) is 0 Å². The maximum absolute atomic E-state index is 11.9. The highest BCUT2D eigenvalue weighted by molar-refractivity contribution is 7.09. The molecule has 0 saturated heterocycles. The molecule has 0 saturated carbocycles. The number of aryl methyl sites for hydroxylation is 1. The van der Waals surface area contributed by atoms with Crippen LogP contribution < -0.4 is 5.32 Å². The van der Waals surface area contributed by atoms with Crippen molar-refractivity contribution in [3.63, 3.8) is 0 Å². The molecule has 0 bridgehead atoms. The maximum Gasteiger partial charge on any atom is 0.234 e. The van der Waals surface area contributed by atoms with Crippen LogP contribution in [0.25, 0.3) is 0 Å². The van der Waals surface area contributed by atoms with E-state index in [4.69, 9.17) is 0 Å². The normalized spacial score (nSPS) is 11.9. The molecule has 0 aliphatic heterocycles. The minimum atomic E-state index is -0.130. The summed E-state index contributed by atoms with van der Waals surface area (Å²) < 4.78 is 0. The lowest BCUT2D eigenvalue weighted by Crippen LogP contribution is -2.46. The fourth-order valence-corrected chi connectivity index (χ4v) is 2.17. The van der Waals surface area contributed by atoms with Crippen LogP contribution in [-0.4, -0.2) is 34.9 Å². The first-order valence-corrected chi connectivity index (χ1v) is 7.11. The first-order valence-electron chi connectivity index (χ1n) is 6.23. The number of nitrogens with zero attached hydrogens (tertiary/aromatic N) is 2. The minimum Gasteiger partial charge on any atom is -0.350 e. The van der Waals surface area contributed by atoms with E-state index in [-0.39, 0.29) is 11.4 Å². The van der Waals surface area contributed by atoms with Gasteiger partial charge in [0.2, 0.25) is 5.91 Å². The van der Waals surface area contributed by atoms with Crippen molar-refractivity contribution in [1.29, 1.82) is 0 Å². The Morgan fingerprint density at radius 1 is 1.56 bits per heavy atom. The Morgan fingerprint density at radius 3 is 2.72 bits per heavy atom. The van der Waals surface area contributed by atoms with E-state index < -0.39 is 0 Å². The van der Waals surface area contributed by atoms with Gasteiger partial charge in [0.05, 0.1) is 17.2 Å². The van der Waals surface area contributed by atoms with Crippen LogP contribution >= 0.6 is 11.3 Å². The first-order chi connectivity index (χ1) is 8.32. The van der Waals surface area contributed by atoms with Crippen molar-refractivity contribution in [3.05, 3.63) is 16.1 Å². The standard InChI is InChI=1S/C13H23N3OS/c1-6-13(3,4)15-12(17)8-16(5)7-11-9-18-10(2)14-11/h9H,6-8H2,1-5H3,(H,15,17). The lowest BCUT2D eigenvalue weighted by Gasteiger charge is -2.26. The van der Waals surface area contributed by atoms with Crippen LogP contribution in [0.4, 0.5) is 0 Å². The molecule has 0 aliphatic rings. The summed E-state index contributed by atoms with van der Waals surface area (Å²) >= 11 is 1.64. The summed E-state index contributed by atoms with van der Waals surface area (Å²) in [5.74, 6) is 0.0660. The molecular weight excluding hydrogens is 246 g/mol. The molecule has 4 nitrogen and oxygen atoms in total. The van der Waals surface area contributed by atoms with Gasteiger partial charge in [-0.1, -0.05) is 6.92 Å². The van der Waals surface area contributed by atoms with Gasteiger partial charge < -0.3 is 5.32 Å². The van der Waals surface area contributed by atoms with Crippen molar-refractivity contribution in [2.45, 2.75) is 46.2 Å². The molecule has 1 rings (SSSR count). The summed E-state index contributed by atoms with van der Waals surface area (Å²) in [4.78, 5) is 18.2. The summed E-state index contributed by atoms with van der Waals surface area (Å²) in [5.41, 5.74) is 0.900. The Kier molecular flexibility index (Phi) is 5.28. The largest absolute Gasteiger partial charge is 0.350 e. The average molecular weight is 269 g/mol. The van der Waals surface area contributed by atoms with E-state index in [9.17, 15) is 4.79 Å². The Balaban J connectivity index is 2.40. The molecule has 0 spiro atoms. The second-order valence-corrected chi connectivity index (χ2v) is 6.38. The molecule has 1 aromatic rings. The van der Waals surface area contributed by atoms with E-state index in [1.165, 1.54) is 0 Å². The Bertz CT molecular complexity index is 401. The van der Waals surface area contributed by atoms with Crippen LogP contribution in [0, 0.1) is 6.92 Å². The third-order valence-electron chi connectivity index (χ3n) is 2.87. The van der Waals surface area contributed by atoms with Crippen molar-refractivity contribution >= 4 is 17.2 Å². The van der Waals surface area contributed by atoms with E-state index in [1.807, 2.05) is 38.1 Å². The van der Waals surface area contributed by atoms with Crippen LogP contribution in [-0.2, 0) is 11.3 Å². The molecule has 0 fully saturated rings. The number of carbonyl (C=O) groups is 1. The Labute approximate surface area is 113 Å². The van der Waals surface area contributed by atoms with E-state index in [0.29, 0.717) is 13.1 Å². The van der Waals surface area contributed by atoms with Crippen LogP contribution in [0.1, 0.15) is 37.9 Å². The molecule has 1 aromatic heterocycles. The lowest BCUT2D eigenvalue weighted by atomic mass is 10.0. The van der Waals surface area contributed by atoms with Crippen molar-refractivity contribution in [1.82, 2.24) is 15.2 Å². The Hall–Kier alpha value is -0.940. The molecule has 1 amide bonds. The van der Waals surface area contributed by atoms with Gasteiger partial charge >= 0.3 is 0 Å². The predicted octanol–water partition coefficient (Wildman–Crippen LogP) is 2.19. The zero-order valence-electron chi connectivity index (χ0n) is 11.9. The number of aromatic nitrogens is 1. The first kappa shape index (κ1) is 15.1. The molecule has 1 heterocycles. The molecule has 0 aromatic carbocycles. The molecule has 18 heavy (non-hydrogen) atoms. The third-order valence-corrected chi connectivity index (χ3v) is 3.70. The molecule has 102 valence electrons. The van der Waals surface area contributed by atoms with Crippen molar-refractivity contribution in [2.24, 2.45) is 0 Å². The minimum absolute atomic E-state index is 0.0660. The molecule has 0 aliphatic carbocycles. The zero-order valence-corrected chi connectivity index (χ0v) is 12.7. The zero-order chi connectivity index (χ0) is 13.8. The lowest BCUT2D eigenvalue weighted by molar-refractivity contribution is -0.123. The molecule has 1 N–H and O–H groups in total. The highest BCUT2D eigenvalue weighted by Gasteiger charge is 2.18. The van der Waals surface area contributed by atoms with Crippen LogP contribution in [0.5, 0.6) is 0 Å². The van der Waals surface area contributed by atoms with Crippen molar-refractivity contribution in [2.75, 3.05) is 13.6 Å². The second kappa shape index (κ2) is 6.29. The highest BCUT2D eigenvalue weighted by Crippen LogP contribution is 2.10. The molecule has 0 atom stereocenters. The van der Waals surface area contributed by atoms with E-state index in [1.54, 1.807) is 11.3 Å². The topological polar surface area (TPSA) is 45.2 Å². The number of rotatable bonds is 6. The maximum atomic E-state index is 11.9. The fourth-order valence-electron chi connectivity index (χ4n) is 1.56. The SMILES string of the molecule is CCC(C)(C)NC(=O)CN(C)Cc1csc(C)n1. The molecule has 0 radical (unpaired) electrons. The van der Waals surface area contributed by atoms with Gasteiger partial charge in [-0.15, -0.1) is 11.3 Å². The van der Waals surface area contributed by atoms with E-state index in [0.717, 1.165) is 17.1 Å². The average Bonchev–Trinajstić information content (AvgIpc) is 2.62. The van der Waals surface area contributed by atoms with E-state index in [2.05, 4.69) is 17.2 Å². The summed E-state index contributed by atoms with van der Waals surface area (Å²) in [6.07, 6.45) is 0.924. The molecule has 5 heteroatoms. The summed E-state index contributed by atoms with van der Waals surface area (Å²) in [6, 6.07) is 0. The third kappa shape index (κ3) is 5.14. The predicted molar refractivity (Wildman–Crippen MR) is 75.7 cm³/mol. The van der Waals surface area contributed by atoms with Crippen LogP contribution in [0.3, 0.4) is 0 Å². The van der Waals surface area contributed by atoms with Gasteiger partial charge in [0.1, 0.15) is 0 Å². The molecule has 0 unspecified atom stereocenters. The van der Waals surface area contributed by atoms with Gasteiger partial charge in [-0.2, -0.15) is 0 Å². The Morgan fingerprint density at radius 2 is 2.22 bits per heavy atom. The highest BCUT2D eigenvalue weighted by atomic mass is 32.1. The number of carbonyl (C=O) groups excluding carboxylic acids is 1. The van der Waals surface area contributed by atoms with Gasteiger partial charge in [-0.05, 0) is 34.2 Å². The van der Waals surface area contributed by atoms with Gasteiger partial charge in [-0.25, -0.2) is 4.98 Å². The van der Waals surface area contributed by atoms with Gasteiger partial charge in [0.15, 0.2) is 0 Å². The summed E-state index contributed by atoms with van der Waals surface area (Å²) in [7, 11) is 1.94. The molecular formula is C13H23N3OS. The van der Waals surface area contributed by atoms with Crippen LogP contribution in [0.15, 0.2) is 5.38 Å². The van der Waals surface area contributed by atoms with Gasteiger partial charge in [0.25, 0.3) is 0 Å². The quantitative estimate of drug-likeness (QED) is 0.861. The number of amides is 1. The van der Waals surface area contributed by atoms with Gasteiger partial charge in [-0.3, -0.25) is 9.69 Å². The number of nitrogens with one attached hydrogen (secondary N) is 1. The van der Waals surface area contributed by atoms with Gasteiger partial charge in [0, 0.05) is 17.5 Å². The number of thiazole rings is 1. The number of hydrogen-bond acceptors (Lipinski definition) is 4. The van der Waals surface area contributed by atoms with Crippen LogP contribution in [0.2, 0.25) is 0 Å². The van der Waals surface area contributed by atoms with E-state index >= 15 is 0 Å². The summed E-state index contributed by atoms with van der Waals surface area (Å²) in [5, 5.41) is 6.14. The second-order valence-electron chi connectivity index (χ2n) is 5.32. The summed E-state index contributed by atoms with van der Waals surface area (Å²) in [6.45, 7) is 9.25. The monoisotopic (exact) mass is 269 g/mol. The van der Waals surface area contributed by atoms with Crippen molar-refractivity contribution < 1.29 is 4.79 Å². The number of hydrogen-bond donors (Lipinski definition) is 1. The number of likely N-dealkylation sites (N-methyl/N-ethyl adjacent to an activating group) is 1.